The van der Waals surface area contributed by atoms with Crippen molar-refractivity contribution in [2.45, 2.75) is 65.1 Å². The van der Waals surface area contributed by atoms with Gasteiger partial charge in [-0.15, -0.1) is 0 Å². The summed E-state index contributed by atoms with van der Waals surface area (Å²) in [6, 6.07) is 5.97. The fourth-order valence-corrected chi connectivity index (χ4v) is 3.94. The molecule has 3 heterocycles. The van der Waals surface area contributed by atoms with Crippen molar-refractivity contribution in [2.24, 2.45) is 0 Å². The van der Waals surface area contributed by atoms with E-state index in [2.05, 4.69) is 20.4 Å². The van der Waals surface area contributed by atoms with Crippen LogP contribution in [0.5, 0.6) is 0 Å². The van der Waals surface area contributed by atoms with Gasteiger partial charge in [0.15, 0.2) is 5.82 Å². The Hall–Kier alpha value is -3.49. The molecule has 0 unspecified atom stereocenters. The Morgan fingerprint density at radius 3 is 2.91 bits per heavy atom. The predicted molar refractivity (Wildman–Crippen MR) is 120 cm³/mol. The second-order valence-corrected chi connectivity index (χ2v) is 8.68. The molecular weight excluding hydrogens is 408 g/mol. The van der Waals surface area contributed by atoms with E-state index in [0.29, 0.717) is 28.7 Å². The monoisotopic (exact) mass is 434 g/mol. The smallest absolute Gasteiger partial charge is 0.278 e. The molecular formula is C23H26N6O3. The maximum absolute atomic E-state index is 13.5. The number of hydrogen-bond donors (Lipinski definition) is 1. The molecule has 1 fully saturated rings. The first-order chi connectivity index (χ1) is 15.4. The number of nitrogens with one attached hydrogen (secondary N) is 1. The number of benzene rings is 1. The van der Waals surface area contributed by atoms with E-state index in [0.717, 1.165) is 35.7 Å². The molecule has 1 aromatic carbocycles. The zero-order chi connectivity index (χ0) is 22.4. The zero-order valence-electron chi connectivity index (χ0n) is 18.5. The Kier molecular flexibility index (Phi) is 5.03. The van der Waals surface area contributed by atoms with Crippen molar-refractivity contribution >= 4 is 27.8 Å². The molecule has 166 valence electrons. The average Bonchev–Trinajstić information content (AvgIpc) is 3.44. The second kappa shape index (κ2) is 7.89. The van der Waals surface area contributed by atoms with Crippen molar-refractivity contribution in [3.8, 4) is 0 Å². The van der Waals surface area contributed by atoms with E-state index < -0.39 is 0 Å². The van der Waals surface area contributed by atoms with Gasteiger partial charge in [0.25, 0.3) is 5.56 Å². The van der Waals surface area contributed by atoms with Crippen molar-refractivity contribution in [1.82, 2.24) is 29.6 Å². The van der Waals surface area contributed by atoms with Gasteiger partial charge < -0.3 is 14.4 Å². The molecule has 0 saturated heterocycles. The fourth-order valence-electron chi connectivity index (χ4n) is 3.94. The molecule has 1 aliphatic rings. The summed E-state index contributed by atoms with van der Waals surface area (Å²) in [5, 5.41) is 7.86. The normalized spacial score (nSPS) is 14.8. The molecule has 5 rings (SSSR count). The molecule has 1 saturated carbocycles. The van der Waals surface area contributed by atoms with Crippen LogP contribution in [0.15, 0.2) is 33.8 Å². The van der Waals surface area contributed by atoms with Crippen molar-refractivity contribution in [2.75, 3.05) is 0 Å². The Morgan fingerprint density at radius 1 is 1.34 bits per heavy atom. The summed E-state index contributed by atoms with van der Waals surface area (Å²) >= 11 is 0. The number of carbonyl (C=O) groups excluding carboxylic acids is 1. The van der Waals surface area contributed by atoms with Gasteiger partial charge in [-0.25, -0.2) is 4.98 Å². The van der Waals surface area contributed by atoms with Crippen molar-refractivity contribution < 1.29 is 9.32 Å². The molecule has 1 aliphatic carbocycles. The van der Waals surface area contributed by atoms with Crippen LogP contribution in [-0.4, -0.2) is 36.2 Å². The minimum Gasteiger partial charge on any atom is -0.352 e. The van der Waals surface area contributed by atoms with Crippen LogP contribution in [0.25, 0.3) is 21.9 Å². The van der Waals surface area contributed by atoms with Gasteiger partial charge in [-0.2, -0.15) is 4.98 Å². The van der Waals surface area contributed by atoms with Gasteiger partial charge in [-0.1, -0.05) is 23.7 Å². The van der Waals surface area contributed by atoms with E-state index in [9.17, 15) is 9.59 Å². The second-order valence-electron chi connectivity index (χ2n) is 8.68. The van der Waals surface area contributed by atoms with Crippen LogP contribution in [0.4, 0.5) is 0 Å². The molecule has 0 spiro atoms. The SMILES string of the molecule is CC[C@@H](C)NC(=O)Cn1c2ccc(C)cc2c2ncn(Cc3nc(C4CC4)no3)c(=O)c21. The molecule has 4 aromatic rings. The minimum atomic E-state index is -0.244. The van der Waals surface area contributed by atoms with Crippen LogP contribution in [0, 0.1) is 6.92 Å². The summed E-state index contributed by atoms with van der Waals surface area (Å²) in [5.74, 6) is 1.32. The lowest BCUT2D eigenvalue weighted by Gasteiger charge is -2.13. The standard InChI is InChI=1S/C23H26N6O3/c1-4-14(3)25-18(30)10-29-17-8-5-13(2)9-16(17)20-21(29)23(31)28(12-24-20)11-19-26-22(27-32-19)15-6-7-15/h5,8-9,12,14-15H,4,6-7,10-11H2,1-3H3,(H,25,30)/t14-/m1/s1. The quantitative estimate of drug-likeness (QED) is 0.479. The number of fused-ring (bicyclic) bond motifs is 3. The topological polar surface area (TPSA) is 108 Å². The van der Waals surface area contributed by atoms with Gasteiger partial charge in [0.05, 0.1) is 11.8 Å². The summed E-state index contributed by atoms with van der Waals surface area (Å²) in [7, 11) is 0. The van der Waals surface area contributed by atoms with E-state index in [1.807, 2.05) is 39.0 Å². The van der Waals surface area contributed by atoms with Crippen LogP contribution in [0.3, 0.4) is 0 Å². The average molecular weight is 435 g/mol. The molecule has 1 atom stereocenters. The summed E-state index contributed by atoms with van der Waals surface area (Å²) in [6.07, 6.45) is 4.49. The van der Waals surface area contributed by atoms with Crippen molar-refractivity contribution in [3.63, 3.8) is 0 Å². The third-order valence-electron chi connectivity index (χ3n) is 6.04. The Morgan fingerprint density at radius 2 is 2.16 bits per heavy atom. The molecule has 1 amide bonds. The summed E-state index contributed by atoms with van der Waals surface area (Å²) < 4.78 is 8.56. The van der Waals surface area contributed by atoms with Crippen LogP contribution in [0.1, 0.15) is 56.3 Å². The first-order valence-corrected chi connectivity index (χ1v) is 11.0. The minimum absolute atomic E-state index is 0.0424. The lowest BCUT2D eigenvalue weighted by Crippen LogP contribution is -2.35. The number of hydrogen-bond acceptors (Lipinski definition) is 6. The van der Waals surface area contributed by atoms with E-state index in [1.165, 1.54) is 10.9 Å². The van der Waals surface area contributed by atoms with Gasteiger partial charge in [0, 0.05) is 17.3 Å². The van der Waals surface area contributed by atoms with Crippen LogP contribution < -0.4 is 10.9 Å². The highest BCUT2D eigenvalue weighted by Gasteiger charge is 2.29. The fraction of sp³-hybridized carbons (Fsp3) is 0.435. The summed E-state index contributed by atoms with van der Waals surface area (Å²) in [6.45, 7) is 6.15. The van der Waals surface area contributed by atoms with Gasteiger partial charge in [0.1, 0.15) is 24.1 Å². The number of aryl methyl sites for hydroxylation is 1. The lowest BCUT2D eigenvalue weighted by atomic mass is 10.1. The van der Waals surface area contributed by atoms with Crippen molar-refractivity contribution in [1.29, 1.82) is 0 Å². The number of nitrogens with zero attached hydrogens (tertiary/aromatic N) is 5. The van der Waals surface area contributed by atoms with Gasteiger partial charge >= 0.3 is 0 Å². The third kappa shape index (κ3) is 3.68. The molecule has 3 aromatic heterocycles. The Labute approximate surface area is 184 Å². The van der Waals surface area contributed by atoms with E-state index in [-0.39, 0.29) is 30.6 Å². The maximum Gasteiger partial charge on any atom is 0.278 e. The summed E-state index contributed by atoms with van der Waals surface area (Å²) in [5.41, 5.74) is 2.61. The number of aromatic nitrogens is 5. The first-order valence-electron chi connectivity index (χ1n) is 11.0. The number of carbonyl (C=O) groups is 1. The summed E-state index contributed by atoms with van der Waals surface area (Å²) in [4.78, 5) is 35.2. The van der Waals surface area contributed by atoms with E-state index in [4.69, 9.17) is 4.52 Å². The van der Waals surface area contributed by atoms with Gasteiger partial charge in [-0.05, 0) is 45.2 Å². The van der Waals surface area contributed by atoms with E-state index in [1.54, 1.807) is 4.57 Å². The van der Waals surface area contributed by atoms with Gasteiger partial charge in [0.2, 0.25) is 11.8 Å². The number of rotatable bonds is 7. The highest BCUT2D eigenvalue weighted by molar-refractivity contribution is 6.06. The molecule has 0 aliphatic heterocycles. The third-order valence-corrected chi connectivity index (χ3v) is 6.04. The highest BCUT2D eigenvalue weighted by atomic mass is 16.5. The predicted octanol–water partition coefficient (Wildman–Crippen LogP) is 2.88. The first kappa shape index (κ1) is 20.4. The molecule has 0 bridgehead atoms. The van der Waals surface area contributed by atoms with Crippen LogP contribution in [-0.2, 0) is 17.9 Å². The Balaban J connectivity index is 1.59. The number of amides is 1. The van der Waals surface area contributed by atoms with Gasteiger partial charge in [-0.3, -0.25) is 14.2 Å². The largest absolute Gasteiger partial charge is 0.352 e. The Bertz CT molecular complexity index is 1380. The molecule has 32 heavy (non-hydrogen) atoms. The lowest BCUT2D eigenvalue weighted by molar-refractivity contribution is -0.122. The molecule has 0 radical (unpaired) electrons. The van der Waals surface area contributed by atoms with E-state index >= 15 is 0 Å². The van der Waals surface area contributed by atoms with Crippen LogP contribution >= 0.6 is 0 Å². The maximum atomic E-state index is 13.5. The van der Waals surface area contributed by atoms with Crippen molar-refractivity contribution in [3.05, 3.63) is 52.2 Å². The van der Waals surface area contributed by atoms with Crippen LogP contribution in [0.2, 0.25) is 0 Å². The molecule has 9 nitrogen and oxygen atoms in total. The molecule has 1 N–H and O–H groups in total. The highest BCUT2D eigenvalue weighted by Crippen LogP contribution is 2.38. The zero-order valence-corrected chi connectivity index (χ0v) is 18.5. The molecule has 9 heteroatoms.